The first-order valence-electron chi connectivity index (χ1n) is 5.20. The van der Waals surface area contributed by atoms with Gasteiger partial charge < -0.3 is 0 Å². The zero-order chi connectivity index (χ0) is 12.9. The minimum atomic E-state index is -0.839. The normalized spacial score (nSPS) is 13.4. The Kier molecular flexibility index (Phi) is 5.79. The lowest BCUT2D eigenvalue weighted by atomic mass is 9.81. The monoisotopic (exact) mass is 250 g/mol. The summed E-state index contributed by atoms with van der Waals surface area (Å²) >= 11 is 5.98. The van der Waals surface area contributed by atoms with E-state index in [0.29, 0.717) is 5.92 Å². The first kappa shape index (κ1) is 15.2. The minimum Gasteiger partial charge on any atom is -0.248 e. The Hall–Kier alpha value is -0.770. The maximum atomic E-state index is 11.4. The molecule has 0 fully saturated rings. The quantitative estimate of drug-likeness (QED) is 0.437. The van der Waals surface area contributed by atoms with Crippen LogP contribution in [0, 0.1) is 11.3 Å². The van der Waals surface area contributed by atoms with E-state index in [1.54, 1.807) is 0 Å². The Bertz CT molecular complexity index is 261. The Morgan fingerprint density at radius 2 is 1.75 bits per heavy atom. The van der Waals surface area contributed by atoms with E-state index in [9.17, 15) is 9.59 Å². The number of halogens is 1. The van der Waals surface area contributed by atoms with E-state index in [2.05, 4.69) is 9.78 Å². The molecule has 0 aromatic carbocycles. The van der Waals surface area contributed by atoms with E-state index < -0.39 is 22.7 Å². The van der Waals surface area contributed by atoms with Crippen LogP contribution in [0.3, 0.4) is 0 Å². The third-order valence-corrected chi connectivity index (χ3v) is 2.84. The third kappa shape index (κ3) is 5.35. The molecule has 0 amide bonds. The van der Waals surface area contributed by atoms with Gasteiger partial charge in [0.25, 0.3) is 0 Å². The summed E-state index contributed by atoms with van der Waals surface area (Å²) in [6.45, 7) is 8.99. The molecule has 0 aliphatic carbocycles. The molecule has 94 valence electrons. The predicted molar refractivity (Wildman–Crippen MR) is 60.7 cm³/mol. The number of rotatable bonds is 4. The molecule has 0 saturated heterocycles. The average molecular weight is 251 g/mol. The van der Waals surface area contributed by atoms with Gasteiger partial charge in [-0.2, -0.15) is 0 Å². The maximum Gasteiger partial charge on any atom is 0.373 e. The molecule has 0 spiro atoms. The van der Waals surface area contributed by atoms with Gasteiger partial charge in [-0.3, -0.25) is 0 Å². The van der Waals surface area contributed by atoms with E-state index in [1.807, 2.05) is 27.7 Å². The van der Waals surface area contributed by atoms with Crippen LogP contribution in [0.2, 0.25) is 0 Å². The van der Waals surface area contributed by atoms with E-state index >= 15 is 0 Å². The molecular formula is C11H19ClO4. The fourth-order valence-electron chi connectivity index (χ4n) is 1.62. The highest BCUT2D eigenvalue weighted by Crippen LogP contribution is 2.33. The highest BCUT2D eigenvalue weighted by Gasteiger charge is 2.36. The number of hydrogen-bond acceptors (Lipinski definition) is 4. The van der Waals surface area contributed by atoms with Crippen LogP contribution in [0.25, 0.3) is 0 Å². The van der Waals surface area contributed by atoms with Crippen molar-refractivity contribution in [2.24, 2.45) is 11.3 Å². The molecule has 0 aromatic rings. The van der Waals surface area contributed by atoms with Gasteiger partial charge in [0.15, 0.2) is 0 Å². The Balaban J connectivity index is 4.35. The molecule has 0 rings (SSSR count). The molecule has 0 radical (unpaired) electrons. The van der Waals surface area contributed by atoms with Gasteiger partial charge in [0.05, 0.1) is 0 Å². The van der Waals surface area contributed by atoms with Gasteiger partial charge >= 0.3 is 11.9 Å². The Morgan fingerprint density at radius 3 is 2.12 bits per heavy atom. The summed E-state index contributed by atoms with van der Waals surface area (Å²) in [5.41, 5.74) is -0.410. The van der Waals surface area contributed by atoms with Gasteiger partial charge in [-0.15, -0.1) is 11.6 Å². The molecule has 1 atom stereocenters. The number of carbonyl (C=O) groups excluding carboxylic acids is 2. The summed E-state index contributed by atoms with van der Waals surface area (Å²) in [4.78, 5) is 30.4. The van der Waals surface area contributed by atoms with Crippen molar-refractivity contribution in [2.45, 2.75) is 46.4 Å². The van der Waals surface area contributed by atoms with Crippen LogP contribution in [0.15, 0.2) is 0 Å². The highest BCUT2D eigenvalue weighted by molar-refractivity contribution is 6.30. The van der Waals surface area contributed by atoms with E-state index in [4.69, 9.17) is 11.6 Å². The molecule has 0 heterocycles. The zero-order valence-corrected chi connectivity index (χ0v) is 11.1. The number of hydrogen-bond donors (Lipinski definition) is 0. The Morgan fingerprint density at radius 1 is 1.25 bits per heavy atom. The Labute approximate surface area is 101 Å². The van der Waals surface area contributed by atoms with Gasteiger partial charge in [0.1, 0.15) is 5.38 Å². The van der Waals surface area contributed by atoms with Crippen molar-refractivity contribution in [2.75, 3.05) is 0 Å². The summed E-state index contributed by atoms with van der Waals surface area (Å²) in [6, 6.07) is 0. The lowest BCUT2D eigenvalue weighted by molar-refractivity contribution is -0.258. The molecule has 16 heavy (non-hydrogen) atoms. The van der Waals surface area contributed by atoms with Crippen molar-refractivity contribution in [1.82, 2.24) is 0 Å². The summed E-state index contributed by atoms with van der Waals surface area (Å²) in [5.74, 6) is -1.00. The van der Waals surface area contributed by atoms with Gasteiger partial charge in [0.2, 0.25) is 0 Å². The van der Waals surface area contributed by atoms with Crippen LogP contribution < -0.4 is 0 Å². The molecule has 0 N–H and O–H groups in total. The first-order chi connectivity index (χ1) is 7.16. The zero-order valence-electron chi connectivity index (χ0n) is 10.4. The largest absolute Gasteiger partial charge is 0.373 e. The van der Waals surface area contributed by atoms with Crippen LogP contribution >= 0.6 is 11.6 Å². The number of alkyl halides is 1. The topological polar surface area (TPSA) is 52.6 Å². The van der Waals surface area contributed by atoms with E-state index in [0.717, 1.165) is 13.3 Å². The van der Waals surface area contributed by atoms with Crippen LogP contribution in [0.5, 0.6) is 0 Å². The molecular weight excluding hydrogens is 232 g/mol. The van der Waals surface area contributed by atoms with Crippen molar-refractivity contribution >= 4 is 23.5 Å². The van der Waals surface area contributed by atoms with E-state index in [-0.39, 0.29) is 0 Å². The summed E-state index contributed by atoms with van der Waals surface area (Å²) in [6.07, 6.45) is 0.774. The first-order valence-corrected chi connectivity index (χ1v) is 5.63. The van der Waals surface area contributed by atoms with Crippen molar-refractivity contribution in [1.29, 1.82) is 0 Å². The molecule has 4 nitrogen and oxygen atoms in total. The van der Waals surface area contributed by atoms with Crippen molar-refractivity contribution in [3.63, 3.8) is 0 Å². The van der Waals surface area contributed by atoms with Crippen LogP contribution in [-0.4, -0.2) is 17.3 Å². The molecule has 0 aromatic heterocycles. The van der Waals surface area contributed by atoms with Gasteiger partial charge in [-0.05, 0) is 17.8 Å². The average Bonchev–Trinajstić information content (AvgIpc) is 2.10. The van der Waals surface area contributed by atoms with Crippen molar-refractivity contribution in [3.05, 3.63) is 0 Å². The number of carbonyl (C=O) groups is 2. The van der Waals surface area contributed by atoms with Crippen LogP contribution in [0.1, 0.15) is 41.0 Å². The predicted octanol–water partition coefficient (Wildman–Crippen LogP) is 2.69. The summed E-state index contributed by atoms with van der Waals surface area (Å²) in [7, 11) is 0. The second-order valence-electron chi connectivity index (χ2n) is 4.93. The fourth-order valence-corrected chi connectivity index (χ4v) is 1.74. The van der Waals surface area contributed by atoms with Gasteiger partial charge in [-0.25, -0.2) is 19.4 Å². The molecule has 0 aliphatic rings. The molecule has 5 heteroatoms. The maximum absolute atomic E-state index is 11.4. The minimum absolute atomic E-state index is 0.410. The fraction of sp³-hybridized carbons (Fsp3) is 0.818. The van der Waals surface area contributed by atoms with Crippen molar-refractivity contribution < 1.29 is 19.4 Å². The molecule has 0 aliphatic heterocycles. The van der Waals surface area contributed by atoms with Gasteiger partial charge in [-0.1, -0.05) is 27.7 Å². The smallest absolute Gasteiger partial charge is 0.248 e. The van der Waals surface area contributed by atoms with Crippen LogP contribution in [0.4, 0.5) is 0 Å². The summed E-state index contributed by atoms with van der Waals surface area (Å²) < 4.78 is 0. The standard InChI is InChI=1S/C11H19ClO4/c1-7(2)6-11(4,5)9(12)10(14)16-15-8(3)13/h7,9H,6H2,1-5H3. The lowest BCUT2D eigenvalue weighted by Crippen LogP contribution is -2.34. The SMILES string of the molecule is CC(=O)OOC(=O)C(Cl)C(C)(C)CC(C)C. The second kappa shape index (κ2) is 6.09. The van der Waals surface area contributed by atoms with E-state index in [1.165, 1.54) is 0 Å². The van der Waals surface area contributed by atoms with Gasteiger partial charge in [0, 0.05) is 6.92 Å². The lowest BCUT2D eigenvalue weighted by Gasteiger charge is -2.29. The summed E-state index contributed by atoms with van der Waals surface area (Å²) in [5, 5.41) is -0.839. The molecule has 1 unspecified atom stereocenters. The molecule has 0 saturated carbocycles. The second-order valence-corrected chi connectivity index (χ2v) is 5.36. The van der Waals surface area contributed by atoms with Crippen LogP contribution in [-0.2, 0) is 19.4 Å². The third-order valence-electron chi connectivity index (χ3n) is 2.07. The molecule has 0 bridgehead atoms. The van der Waals surface area contributed by atoms with Crippen molar-refractivity contribution in [3.8, 4) is 0 Å². The highest BCUT2D eigenvalue weighted by atomic mass is 35.5.